The molecule has 0 bridgehead atoms. The van der Waals surface area contributed by atoms with Gasteiger partial charge < -0.3 is 9.47 Å². The number of rotatable bonds is 5. The third-order valence-electron chi connectivity index (χ3n) is 4.09. The van der Waals surface area contributed by atoms with Crippen LogP contribution in [0.1, 0.15) is 27.1 Å². The van der Waals surface area contributed by atoms with E-state index in [1.165, 1.54) is 11.8 Å². The van der Waals surface area contributed by atoms with Gasteiger partial charge in [0.2, 0.25) is 0 Å². The van der Waals surface area contributed by atoms with Gasteiger partial charge in [-0.15, -0.1) is 0 Å². The van der Waals surface area contributed by atoms with Crippen LogP contribution >= 0.6 is 11.8 Å². The minimum atomic E-state index is -0.529. The fourth-order valence-corrected chi connectivity index (χ4v) is 3.89. The predicted octanol–water partition coefficient (Wildman–Crippen LogP) is 5.34. The molecule has 4 nitrogen and oxygen atoms in total. The van der Waals surface area contributed by atoms with Crippen LogP contribution in [0.2, 0.25) is 0 Å². The van der Waals surface area contributed by atoms with E-state index < -0.39 is 5.44 Å². The molecular weight excluding hydrogens is 360 g/mol. The Bertz CT molecular complexity index is 984. The second-order valence-electron chi connectivity index (χ2n) is 6.02. The molecule has 4 rings (SSSR count). The molecule has 0 N–H and O–H groups in total. The number of thioether (sulfide) groups is 1. The van der Waals surface area contributed by atoms with E-state index in [4.69, 9.17) is 9.47 Å². The molecule has 0 amide bonds. The molecule has 0 saturated heterocycles. The van der Waals surface area contributed by atoms with Crippen LogP contribution in [-0.4, -0.2) is 17.2 Å². The second kappa shape index (κ2) is 7.68. The lowest BCUT2D eigenvalue weighted by Crippen LogP contribution is -2.23. The van der Waals surface area contributed by atoms with Gasteiger partial charge in [-0.25, -0.2) is 4.79 Å². The topological polar surface area (TPSA) is 52.6 Å². The molecule has 1 aliphatic rings. The number of carbonyl (C=O) groups excluding carboxylic acids is 2. The molecule has 0 radical (unpaired) electrons. The zero-order valence-corrected chi connectivity index (χ0v) is 15.1. The molecule has 1 atom stereocenters. The van der Waals surface area contributed by atoms with Gasteiger partial charge in [0.05, 0.1) is 12.0 Å². The smallest absolute Gasteiger partial charge is 0.340 e. The van der Waals surface area contributed by atoms with Crippen LogP contribution in [-0.2, 0) is 4.74 Å². The van der Waals surface area contributed by atoms with E-state index in [1.807, 2.05) is 42.5 Å². The lowest BCUT2D eigenvalue weighted by molar-refractivity contribution is 0.0428. The SMILES string of the molecule is O=C(CC1OC(=O)c2ccccc2S1)c1cccc(Oc2ccccc2)c1. The van der Waals surface area contributed by atoms with Crippen molar-refractivity contribution < 1.29 is 19.1 Å². The molecule has 0 aromatic heterocycles. The van der Waals surface area contributed by atoms with Crippen LogP contribution in [0.4, 0.5) is 0 Å². The number of cyclic esters (lactones) is 1. The number of hydrogen-bond acceptors (Lipinski definition) is 5. The minimum absolute atomic E-state index is 0.0989. The monoisotopic (exact) mass is 376 g/mol. The Balaban J connectivity index is 1.46. The van der Waals surface area contributed by atoms with Gasteiger partial charge in [0.25, 0.3) is 0 Å². The first-order valence-corrected chi connectivity index (χ1v) is 9.40. The molecule has 3 aromatic rings. The van der Waals surface area contributed by atoms with E-state index in [0.717, 1.165) is 4.90 Å². The summed E-state index contributed by atoms with van der Waals surface area (Å²) in [6, 6.07) is 23.7. The van der Waals surface area contributed by atoms with Crippen LogP contribution in [0, 0.1) is 0 Å². The van der Waals surface area contributed by atoms with Crippen molar-refractivity contribution in [1.82, 2.24) is 0 Å². The summed E-state index contributed by atoms with van der Waals surface area (Å²) in [6.07, 6.45) is 0.111. The number of esters is 1. The van der Waals surface area contributed by atoms with Crippen LogP contribution in [0.5, 0.6) is 11.5 Å². The molecule has 1 heterocycles. The zero-order chi connectivity index (χ0) is 18.6. The Morgan fingerprint density at radius 1 is 0.926 bits per heavy atom. The number of ether oxygens (including phenoxy) is 2. The number of Topliss-reactive ketones (excluding diaryl/α,β-unsaturated/α-hetero) is 1. The Morgan fingerprint density at radius 2 is 1.67 bits per heavy atom. The van der Waals surface area contributed by atoms with Crippen molar-refractivity contribution in [2.45, 2.75) is 16.8 Å². The molecule has 0 aliphatic carbocycles. The Morgan fingerprint density at radius 3 is 2.52 bits per heavy atom. The predicted molar refractivity (Wildman–Crippen MR) is 103 cm³/mol. The van der Waals surface area contributed by atoms with Crippen molar-refractivity contribution in [2.24, 2.45) is 0 Å². The molecule has 5 heteroatoms. The van der Waals surface area contributed by atoms with E-state index >= 15 is 0 Å². The first kappa shape index (κ1) is 17.4. The van der Waals surface area contributed by atoms with E-state index in [2.05, 4.69) is 0 Å². The van der Waals surface area contributed by atoms with Crippen LogP contribution in [0.15, 0.2) is 83.8 Å². The number of fused-ring (bicyclic) bond motifs is 1. The summed E-state index contributed by atoms with van der Waals surface area (Å²) in [6.45, 7) is 0. The lowest BCUT2D eigenvalue weighted by Gasteiger charge is -2.23. The molecule has 27 heavy (non-hydrogen) atoms. The fraction of sp³-hybridized carbons (Fsp3) is 0.0909. The number of benzene rings is 3. The molecule has 0 spiro atoms. The Labute approximate surface area is 161 Å². The summed E-state index contributed by atoms with van der Waals surface area (Å²) in [7, 11) is 0. The first-order chi connectivity index (χ1) is 13.2. The molecule has 0 saturated carbocycles. The highest BCUT2D eigenvalue weighted by atomic mass is 32.2. The summed E-state index contributed by atoms with van der Waals surface area (Å²) >= 11 is 1.40. The average molecular weight is 376 g/mol. The van der Waals surface area contributed by atoms with Crippen LogP contribution in [0.3, 0.4) is 0 Å². The van der Waals surface area contributed by atoms with E-state index in [0.29, 0.717) is 22.6 Å². The summed E-state index contributed by atoms with van der Waals surface area (Å²) in [5, 5.41) is 0. The van der Waals surface area contributed by atoms with Crippen LogP contribution in [0.25, 0.3) is 0 Å². The molecule has 1 unspecified atom stereocenters. The van der Waals surface area contributed by atoms with Crippen LogP contribution < -0.4 is 4.74 Å². The van der Waals surface area contributed by atoms with Gasteiger partial charge in [-0.05, 0) is 36.4 Å². The quantitative estimate of drug-likeness (QED) is 0.444. The Hall–Kier alpha value is -3.05. The van der Waals surface area contributed by atoms with Gasteiger partial charge in [0, 0.05) is 10.5 Å². The molecule has 0 fully saturated rings. The third kappa shape index (κ3) is 4.04. The van der Waals surface area contributed by atoms with Crippen molar-refractivity contribution >= 4 is 23.5 Å². The second-order valence-corrected chi connectivity index (χ2v) is 7.22. The maximum atomic E-state index is 12.7. The molecule has 1 aliphatic heterocycles. The summed E-state index contributed by atoms with van der Waals surface area (Å²) < 4.78 is 11.2. The minimum Gasteiger partial charge on any atom is -0.457 e. The van der Waals surface area contributed by atoms with Gasteiger partial charge in [-0.2, -0.15) is 0 Å². The average Bonchev–Trinajstić information content (AvgIpc) is 2.69. The largest absolute Gasteiger partial charge is 0.457 e. The van der Waals surface area contributed by atoms with Gasteiger partial charge in [0.15, 0.2) is 11.2 Å². The van der Waals surface area contributed by atoms with Gasteiger partial charge >= 0.3 is 5.97 Å². The Kier molecular flexibility index (Phi) is 4.94. The van der Waals surface area contributed by atoms with Crippen molar-refractivity contribution in [3.05, 3.63) is 90.0 Å². The third-order valence-corrected chi connectivity index (χ3v) is 5.23. The lowest BCUT2D eigenvalue weighted by atomic mass is 10.1. The molecule has 134 valence electrons. The number of ketones is 1. The van der Waals surface area contributed by atoms with Gasteiger partial charge in [-0.1, -0.05) is 54.2 Å². The summed E-state index contributed by atoms with van der Waals surface area (Å²) in [4.78, 5) is 25.6. The first-order valence-electron chi connectivity index (χ1n) is 8.52. The highest BCUT2D eigenvalue weighted by Crippen LogP contribution is 2.35. The molecular formula is C22H16O4S. The number of carbonyl (C=O) groups is 2. The van der Waals surface area contributed by atoms with Crippen molar-refractivity contribution in [3.8, 4) is 11.5 Å². The van der Waals surface area contributed by atoms with Gasteiger partial charge in [0.1, 0.15) is 11.5 Å². The normalized spacial score (nSPS) is 15.6. The van der Waals surface area contributed by atoms with Crippen molar-refractivity contribution in [2.75, 3.05) is 0 Å². The van der Waals surface area contributed by atoms with Gasteiger partial charge in [-0.3, -0.25) is 4.79 Å². The maximum absolute atomic E-state index is 12.7. The highest BCUT2D eigenvalue weighted by molar-refractivity contribution is 8.00. The van der Waals surface area contributed by atoms with E-state index in [1.54, 1.807) is 36.4 Å². The number of hydrogen-bond donors (Lipinski definition) is 0. The van der Waals surface area contributed by atoms with Crippen molar-refractivity contribution in [3.63, 3.8) is 0 Å². The highest BCUT2D eigenvalue weighted by Gasteiger charge is 2.28. The zero-order valence-electron chi connectivity index (χ0n) is 14.3. The number of para-hydroxylation sites is 1. The summed E-state index contributed by atoms with van der Waals surface area (Å²) in [5.74, 6) is 0.808. The van der Waals surface area contributed by atoms with Crippen molar-refractivity contribution in [1.29, 1.82) is 0 Å². The standard InChI is InChI=1S/C22H16O4S/c23-19(14-21-26-22(24)18-11-4-5-12-20(18)27-21)15-7-6-10-17(13-15)25-16-8-2-1-3-9-16/h1-13,21H,14H2. The fourth-order valence-electron chi connectivity index (χ4n) is 2.80. The summed E-state index contributed by atoms with van der Waals surface area (Å²) in [5.41, 5.74) is 0.544. The van der Waals surface area contributed by atoms with E-state index in [9.17, 15) is 9.59 Å². The molecule has 3 aromatic carbocycles. The van der Waals surface area contributed by atoms with E-state index in [-0.39, 0.29) is 18.2 Å². The maximum Gasteiger partial charge on any atom is 0.340 e.